The summed E-state index contributed by atoms with van der Waals surface area (Å²) in [5, 5.41) is 3.62. The van der Waals surface area contributed by atoms with E-state index in [1.54, 1.807) is 12.0 Å². The highest BCUT2D eigenvalue weighted by molar-refractivity contribution is 5.68. The van der Waals surface area contributed by atoms with E-state index in [0.29, 0.717) is 19.1 Å². The van der Waals surface area contributed by atoms with Crippen molar-refractivity contribution in [3.05, 3.63) is 0 Å². The molecule has 1 saturated heterocycles. The Balaban J connectivity index is 1.89. The second-order valence-electron chi connectivity index (χ2n) is 7.06. The first-order chi connectivity index (χ1) is 9.30. The van der Waals surface area contributed by atoms with Gasteiger partial charge in [-0.2, -0.15) is 0 Å². The molecule has 0 bridgehead atoms. The highest BCUT2D eigenvalue weighted by atomic mass is 16.6. The van der Waals surface area contributed by atoms with E-state index in [9.17, 15) is 4.79 Å². The van der Waals surface area contributed by atoms with Gasteiger partial charge in [-0.15, -0.1) is 0 Å². The molecular weight excluding hydrogens is 256 g/mol. The smallest absolute Gasteiger partial charge is 0.410 e. The third kappa shape index (κ3) is 4.09. The summed E-state index contributed by atoms with van der Waals surface area (Å²) in [5.41, 5.74) is -0.452. The number of nitrogens with zero attached hydrogens (tertiary/aromatic N) is 1. The number of methoxy groups -OCH3 is 1. The first kappa shape index (κ1) is 15.6. The van der Waals surface area contributed by atoms with Crippen LogP contribution in [0.25, 0.3) is 0 Å². The lowest BCUT2D eigenvalue weighted by Crippen LogP contribution is -2.45. The van der Waals surface area contributed by atoms with Crippen LogP contribution in [0.3, 0.4) is 0 Å². The van der Waals surface area contributed by atoms with Crippen molar-refractivity contribution in [1.82, 2.24) is 10.2 Å². The molecule has 1 aliphatic heterocycles. The van der Waals surface area contributed by atoms with Crippen molar-refractivity contribution in [3.63, 3.8) is 0 Å². The zero-order valence-electron chi connectivity index (χ0n) is 13.3. The second kappa shape index (κ2) is 5.90. The maximum atomic E-state index is 12.1. The fourth-order valence-corrected chi connectivity index (χ4v) is 2.72. The van der Waals surface area contributed by atoms with E-state index in [4.69, 9.17) is 9.47 Å². The van der Waals surface area contributed by atoms with Crippen molar-refractivity contribution in [1.29, 1.82) is 0 Å². The molecule has 0 radical (unpaired) electrons. The Morgan fingerprint density at radius 2 is 1.95 bits per heavy atom. The van der Waals surface area contributed by atoms with E-state index in [2.05, 4.69) is 12.2 Å². The summed E-state index contributed by atoms with van der Waals surface area (Å²) in [4.78, 5) is 13.9. The molecule has 1 N–H and O–H groups in total. The zero-order chi connectivity index (χ0) is 14.9. The van der Waals surface area contributed by atoms with Gasteiger partial charge in [0.1, 0.15) is 5.60 Å². The van der Waals surface area contributed by atoms with Gasteiger partial charge in [0.05, 0.1) is 18.7 Å². The average molecular weight is 284 g/mol. The van der Waals surface area contributed by atoms with Gasteiger partial charge in [0.15, 0.2) is 0 Å². The van der Waals surface area contributed by atoms with Crippen molar-refractivity contribution < 1.29 is 14.3 Å². The predicted octanol–water partition coefficient (Wildman–Crippen LogP) is 2.01. The van der Waals surface area contributed by atoms with Crippen molar-refractivity contribution in [2.45, 2.75) is 64.3 Å². The third-order valence-corrected chi connectivity index (χ3v) is 4.03. The van der Waals surface area contributed by atoms with E-state index >= 15 is 0 Å². The van der Waals surface area contributed by atoms with Crippen LogP contribution in [0.4, 0.5) is 4.79 Å². The lowest BCUT2D eigenvalue weighted by molar-refractivity contribution is 0.0252. The molecule has 2 fully saturated rings. The molecule has 0 aromatic carbocycles. The standard InChI is InChI=1S/C15H28N2O3/c1-10(11-6-7-11)16-12-8-17(9-13(12)19-5)14(18)20-15(2,3)4/h10-13,16H,6-9H2,1-5H3/t10?,12?,13-/m0/s1. The van der Waals surface area contributed by atoms with Crippen LogP contribution in [0, 0.1) is 5.92 Å². The van der Waals surface area contributed by atoms with Gasteiger partial charge in [0.2, 0.25) is 0 Å². The summed E-state index contributed by atoms with van der Waals surface area (Å²) in [6.07, 6.45) is 2.43. The van der Waals surface area contributed by atoms with Gasteiger partial charge in [-0.1, -0.05) is 0 Å². The SMILES string of the molecule is CO[C@H]1CN(C(=O)OC(C)(C)C)CC1NC(C)C1CC1. The fourth-order valence-electron chi connectivity index (χ4n) is 2.72. The van der Waals surface area contributed by atoms with Gasteiger partial charge in [-0.05, 0) is 46.5 Å². The van der Waals surface area contributed by atoms with Gasteiger partial charge in [-0.25, -0.2) is 4.79 Å². The number of hydrogen-bond acceptors (Lipinski definition) is 4. The van der Waals surface area contributed by atoms with Crippen LogP contribution in [0.2, 0.25) is 0 Å². The highest BCUT2D eigenvalue weighted by Crippen LogP contribution is 2.33. The Morgan fingerprint density at radius 1 is 1.30 bits per heavy atom. The maximum absolute atomic E-state index is 12.1. The van der Waals surface area contributed by atoms with Crippen molar-refractivity contribution in [3.8, 4) is 0 Å². The number of rotatable bonds is 4. The van der Waals surface area contributed by atoms with Crippen LogP contribution in [-0.2, 0) is 9.47 Å². The summed E-state index contributed by atoms with van der Waals surface area (Å²) in [7, 11) is 1.71. The van der Waals surface area contributed by atoms with E-state index < -0.39 is 5.60 Å². The van der Waals surface area contributed by atoms with E-state index in [-0.39, 0.29) is 18.2 Å². The van der Waals surface area contributed by atoms with Crippen LogP contribution >= 0.6 is 0 Å². The van der Waals surface area contributed by atoms with Gasteiger partial charge < -0.3 is 19.7 Å². The first-order valence-corrected chi connectivity index (χ1v) is 7.57. The molecule has 2 aliphatic rings. The topological polar surface area (TPSA) is 50.8 Å². The molecule has 0 spiro atoms. The van der Waals surface area contributed by atoms with Crippen LogP contribution < -0.4 is 5.32 Å². The second-order valence-corrected chi connectivity index (χ2v) is 7.06. The van der Waals surface area contributed by atoms with Crippen molar-refractivity contribution in [2.75, 3.05) is 20.2 Å². The Labute approximate surface area is 122 Å². The van der Waals surface area contributed by atoms with Gasteiger partial charge in [-0.3, -0.25) is 0 Å². The maximum Gasteiger partial charge on any atom is 0.410 e. The van der Waals surface area contributed by atoms with Crippen LogP contribution in [0.5, 0.6) is 0 Å². The summed E-state index contributed by atoms with van der Waals surface area (Å²) < 4.78 is 11.0. The Morgan fingerprint density at radius 3 is 2.45 bits per heavy atom. The Bertz CT molecular complexity index is 350. The predicted molar refractivity (Wildman–Crippen MR) is 77.7 cm³/mol. The highest BCUT2D eigenvalue weighted by Gasteiger charge is 2.39. The molecule has 1 aliphatic carbocycles. The number of carbonyl (C=O) groups excluding carboxylic acids is 1. The molecule has 1 heterocycles. The monoisotopic (exact) mass is 284 g/mol. The molecule has 0 aromatic rings. The van der Waals surface area contributed by atoms with Crippen LogP contribution in [0.1, 0.15) is 40.5 Å². The van der Waals surface area contributed by atoms with Gasteiger partial charge >= 0.3 is 6.09 Å². The summed E-state index contributed by atoms with van der Waals surface area (Å²) in [6.45, 7) is 9.14. The van der Waals surface area contributed by atoms with Gasteiger partial charge in [0, 0.05) is 19.7 Å². The molecule has 2 unspecified atom stereocenters. The molecule has 1 amide bonds. The molecule has 116 valence electrons. The van der Waals surface area contributed by atoms with Crippen LogP contribution in [0.15, 0.2) is 0 Å². The molecule has 5 heteroatoms. The number of nitrogens with one attached hydrogen (secondary N) is 1. The minimum absolute atomic E-state index is 0.0451. The number of amides is 1. The largest absolute Gasteiger partial charge is 0.444 e. The summed E-state index contributed by atoms with van der Waals surface area (Å²) in [5.74, 6) is 0.795. The van der Waals surface area contributed by atoms with Crippen LogP contribution in [-0.4, -0.2) is 55.0 Å². The quantitative estimate of drug-likeness (QED) is 0.858. The molecule has 20 heavy (non-hydrogen) atoms. The number of carbonyl (C=O) groups is 1. The lowest BCUT2D eigenvalue weighted by Gasteiger charge is -2.24. The van der Waals surface area contributed by atoms with Crippen molar-refractivity contribution >= 4 is 6.09 Å². The van der Waals surface area contributed by atoms with Crippen molar-refractivity contribution in [2.24, 2.45) is 5.92 Å². The normalized spacial score (nSPS) is 28.6. The first-order valence-electron chi connectivity index (χ1n) is 7.57. The number of ether oxygens (including phenoxy) is 2. The molecule has 0 aromatic heterocycles. The summed E-state index contributed by atoms with van der Waals surface area (Å²) >= 11 is 0. The Kier molecular flexibility index (Phi) is 4.59. The molecule has 3 atom stereocenters. The minimum Gasteiger partial charge on any atom is -0.444 e. The molecule has 5 nitrogen and oxygen atoms in total. The Hall–Kier alpha value is -0.810. The van der Waals surface area contributed by atoms with Gasteiger partial charge in [0.25, 0.3) is 0 Å². The number of hydrogen-bond donors (Lipinski definition) is 1. The summed E-state index contributed by atoms with van der Waals surface area (Å²) in [6, 6.07) is 0.694. The minimum atomic E-state index is -0.452. The molecule has 1 saturated carbocycles. The zero-order valence-corrected chi connectivity index (χ0v) is 13.3. The lowest BCUT2D eigenvalue weighted by atomic mass is 10.1. The molecule has 2 rings (SSSR count). The van der Waals surface area contributed by atoms with E-state index in [0.717, 1.165) is 5.92 Å². The van der Waals surface area contributed by atoms with E-state index in [1.165, 1.54) is 12.8 Å². The third-order valence-electron chi connectivity index (χ3n) is 4.03. The number of likely N-dealkylation sites (tertiary alicyclic amines) is 1. The fraction of sp³-hybridized carbons (Fsp3) is 0.933. The molecular formula is C15H28N2O3. The average Bonchev–Trinajstić information content (AvgIpc) is 3.09. The van der Waals surface area contributed by atoms with E-state index in [1.807, 2.05) is 20.8 Å².